The smallest absolute Gasteiger partial charge is 0.281 e. The van der Waals surface area contributed by atoms with Crippen LogP contribution < -0.4 is 14.8 Å². The summed E-state index contributed by atoms with van der Waals surface area (Å²) in [4.78, 5) is 12.9. The van der Waals surface area contributed by atoms with Crippen LogP contribution in [0.5, 0.6) is 5.75 Å². The third-order valence-corrected chi connectivity index (χ3v) is 6.66. The molecule has 1 aromatic heterocycles. The summed E-state index contributed by atoms with van der Waals surface area (Å²) < 4.78 is 34.1. The number of nitrogens with one attached hydrogen (secondary N) is 2. The molecule has 164 valence electrons. The molecule has 0 spiro atoms. The van der Waals surface area contributed by atoms with Crippen LogP contribution in [0.2, 0.25) is 5.02 Å². The van der Waals surface area contributed by atoms with Crippen molar-refractivity contribution < 1.29 is 17.9 Å². The zero-order valence-corrected chi connectivity index (χ0v) is 18.9. The van der Waals surface area contributed by atoms with Crippen molar-refractivity contribution in [2.75, 3.05) is 12.4 Å². The summed E-state index contributed by atoms with van der Waals surface area (Å²) in [5.74, 6) is -0.0598. The first-order valence-electron chi connectivity index (χ1n) is 9.61. The van der Waals surface area contributed by atoms with Gasteiger partial charge in [0.25, 0.3) is 15.9 Å². The molecule has 2 N–H and O–H groups in total. The van der Waals surface area contributed by atoms with Crippen LogP contribution in [0, 0.1) is 0 Å². The number of aromatic nitrogens is 1. The second-order valence-electron chi connectivity index (χ2n) is 7.05. The summed E-state index contributed by atoms with van der Waals surface area (Å²) in [5, 5.41) is 4.41. The molecule has 7 nitrogen and oxygen atoms in total. The molecule has 0 aliphatic carbocycles. The van der Waals surface area contributed by atoms with Crippen molar-refractivity contribution in [2.45, 2.75) is 4.90 Å². The molecule has 0 unspecified atom stereocenters. The van der Waals surface area contributed by atoms with Crippen molar-refractivity contribution in [1.82, 2.24) is 9.29 Å². The van der Waals surface area contributed by atoms with Gasteiger partial charge in [-0.1, -0.05) is 35.9 Å². The number of benzene rings is 3. The van der Waals surface area contributed by atoms with Gasteiger partial charge in [0.2, 0.25) is 0 Å². The molecule has 3 aromatic carbocycles. The molecule has 0 bridgehead atoms. The number of hydrogen-bond acceptors (Lipinski definition) is 5. The fourth-order valence-corrected chi connectivity index (χ4v) is 4.71. The van der Waals surface area contributed by atoms with Gasteiger partial charge in [-0.15, -0.1) is 0 Å². The highest BCUT2D eigenvalue weighted by atomic mass is 35.5. The number of amides is 1. The number of carbonyl (C=O) groups excluding carboxylic acids is 1. The van der Waals surface area contributed by atoms with Crippen molar-refractivity contribution in [1.29, 1.82) is 0 Å². The molecule has 1 amide bonds. The standard InChI is InChI=1S/C23H20ClN3O4S/c1-27-21(23(28)26-32(29,30)17-9-4-3-5-10-17)14-18-20(12-11-19(24)22(18)27)25-15-7-6-8-16(13-15)31-2/h3-14,25H,1-2H3,(H,26,28). The lowest BCUT2D eigenvalue weighted by atomic mass is 10.2. The van der Waals surface area contributed by atoms with E-state index >= 15 is 0 Å². The SMILES string of the molecule is COc1cccc(Nc2ccc(Cl)c3c2cc(C(=O)NS(=O)(=O)c2ccccc2)n3C)c1. The lowest BCUT2D eigenvalue weighted by Crippen LogP contribution is -2.31. The van der Waals surface area contributed by atoms with Crippen LogP contribution in [0.1, 0.15) is 10.5 Å². The number of halogens is 1. The highest BCUT2D eigenvalue weighted by Gasteiger charge is 2.23. The molecular formula is C23H20ClN3O4S. The minimum atomic E-state index is -4.01. The maximum absolute atomic E-state index is 12.9. The van der Waals surface area contributed by atoms with Gasteiger partial charge in [0.15, 0.2) is 0 Å². The van der Waals surface area contributed by atoms with Gasteiger partial charge in [-0.3, -0.25) is 4.79 Å². The monoisotopic (exact) mass is 469 g/mol. The van der Waals surface area contributed by atoms with E-state index in [1.54, 1.807) is 55.1 Å². The number of rotatable bonds is 6. The fourth-order valence-electron chi connectivity index (χ4n) is 3.44. The van der Waals surface area contributed by atoms with Gasteiger partial charge in [-0.2, -0.15) is 0 Å². The number of hydrogen-bond donors (Lipinski definition) is 2. The number of nitrogens with zero attached hydrogens (tertiary/aromatic N) is 1. The lowest BCUT2D eigenvalue weighted by Gasteiger charge is -2.11. The van der Waals surface area contributed by atoms with Crippen LogP contribution in [0.4, 0.5) is 11.4 Å². The minimum absolute atomic E-state index is 0.00512. The molecule has 32 heavy (non-hydrogen) atoms. The number of sulfonamides is 1. The predicted molar refractivity (Wildman–Crippen MR) is 125 cm³/mol. The Hall–Kier alpha value is -3.49. The second kappa shape index (κ2) is 8.57. The van der Waals surface area contributed by atoms with Gasteiger partial charge < -0.3 is 14.6 Å². The molecular weight excluding hydrogens is 450 g/mol. The lowest BCUT2D eigenvalue weighted by molar-refractivity contribution is 0.0974. The zero-order chi connectivity index (χ0) is 22.9. The van der Waals surface area contributed by atoms with Gasteiger partial charge in [-0.25, -0.2) is 13.1 Å². The number of carbonyl (C=O) groups is 1. The summed E-state index contributed by atoms with van der Waals surface area (Å²) in [5.41, 5.74) is 2.25. The molecule has 0 saturated carbocycles. The van der Waals surface area contributed by atoms with E-state index in [9.17, 15) is 13.2 Å². The topological polar surface area (TPSA) is 89.4 Å². The van der Waals surface area contributed by atoms with E-state index < -0.39 is 15.9 Å². The molecule has 0 atom stereocenters. The van der Waals surface area contributed by atoms with Gasteiger partial charge in [0.1, 0.15) is 11.4 Å². The van der Waals surface area contributed by atoms with Gasteiger partial charge in [0, 0.05) is 29.9 Å². The van der Waals surface area contributed by atoms with Crippen LogP contribution in [0.15, 0.2) is 77.7 Å². The Morgan fingerprint density at radius 2 is 1.75 bits per heavy atom. The molecule has 1 heterocycles. The minimum Gasteiger partial charge on any atom is -0.497 e. The van der Waals surface area contributed by atoms with Gasteiger partial charge in [0.05, 0.1) is 22.5 Å². The maximum Gasteiger partial charge on any atom is 0.281 e. The van der Waals surface area contributed by atoms with E-state index in [4.69, 9.17) is 16.3 Å². The van der Waals surface area contributed by atoms with E-state index in [0.717, 1.165) is 5.69 Å². The van der Waals surface area contributed by atoms with E-state index in [0.29, 0.717) is 27.4 Å². The number of anilines is 2. The number of fused-ring (bicyclic) bond motifs is 1. The first kappa shape index (κ1) is 21.7. The molecule has 0 radical (unpaired) electrons. The molecule has 0 fully saturated rings. The normalized spacial score (nSPS) is 11.3. The zero-order valence-electron chi connectivity index (χ0n) is 17.3. The van der Waals surface area contributed by atoms with E-state index in [-0.39, 0.29) is 10.6 Å². The van der Waals surface area contributed by atoms with Crippen molar-refractivity contribution in [2.24, 2.45) is 7.05 Å². The van der Waals surface area contributed by atoms with Crippen LogP contribution >= 0.6 is 11.6 Å². The quantitative estimate of drug-likeness (QED) is 0.427. The van der Waals surface area contributed by atoms with E-state index in [2.05, 4.69) is 10.0 Å². The van der Waals surface area contributed by atoms with Crippen LogP contribution in [0.25, 0.3) is 10.9 Å². The first-order chi connectivity index (χ1) is 15.3. The predicted octanol–water partition coefficient (Wildman–Crippen LogP) is 4.70. The van der Waals surface area contributed by atoms with Gasteiger partial charge in [-0.05, 0) is 42.5 Å². The summed E-state index contributed by atoms with van der Waals surface area (Å²) in [6.45, 7) is 0. The highest BCUT2D eigenvalue weighted by Crippen LogP contribution is 2.34. The Balaban J connectivity index is 1.72. The molecule has 0 aliphatic heterocycles. The summed E-state index contributed by atoms with van der Waals surface area (Å²) in [6, 6.07) is 20.2. The van der Waals surface area contributed by atoms with Crippen molar-refractivity contribution in [3.8, 4) is 5.75 Å². The molecule has 4 rings (SSSR count). The van der Waals surface area contributed by atoms with E-state index in [1.165, 1.54) is 12.1 Å². The summed E-state index contributed by atoms with van der Waals surface area (Å²) in [7, 11) is -0.765. The Bertz CT molecular complexity index is 1420. The van der Waals surface area contributed by atoms with Crippen LogP contribution in [-0.2, 0) is 17.1 Å². The molecule has 9 heteroatoms. The fraction of sp³-hybridized carbons (Fsp3) is 0.0870. The highest BCUT2D eigenvalue weighted by molar-refractivity contribution is 7.90. The largest absolute Gasteiger partial charge is 0.497 e. The second-order valence-corrected chi connectivity index (χ2v) is 9.14. The average Bonchev–Trinajstić information content (AvgIpc) is 3.14. The first-order valence-corrected chi connectivity index (χ1v) is 11.5. The number of ether oxygens (including phenoxy) is 1. The Morgan fingerprint density at radius 3 is 2.47 bits per heavy atom. The van der Waals surface area contributed by atoms with Crippen molar-refractivity contribution >= 4 is 49.8 Å². The number of methoxy groups -OCH3 is 1. The summed E-state index contributed by atoms with van der Waals surface area (Å²) >= 11 is 6.41. The average molecular weight is 470 g/mol. The van der Waals surface area contributed by atoms with Gasteiger partial charge >= 0.3 is 0 Å². The van der Waals surface area contributed by atoms with Crippen molar-refractivity contribution in [3.63, 3.8) is 0 Å². The Labute approximate surface area is 190 Å². The molecule has 0 saturated heterocycles. The van der Waals surface area contributed by atoms with Crippen LogP contribution in [0.3, 0.4) is 0 Å². The Kier molecular flexibility index (Phi) is 5.82. The molecule has 0 aliphatic rings. The summed E-state index contributed by atoms with van der Waals surface area (Å²) in [6.07, 6.45) is 0. The van der Waals surface area contributed by atoms with E-state index in [1.807, 2.05) is 24.3 Å². The Morgan fingerprint density at radius 1 is 1.00 bits per heavy atom. The maximum atomic E-state index is 12.9. The van der Waals surface area contributed by atoms with Crippen molar-refractivity contribution in [3.05, 3.63) is 83.5 Å². The van der Waals surface area contributed by atoms with Crippen LogP contribution in [-0.4, -0.2) is 26.0 Å². The third kappa shape index (κ3) is 4.15. The number of aryl methyl sites for hydroxylation is 1. The molecule has 4 aromatic rings. The third-order valence-electron chi connectivity index (χ3n) is 5.01.